The lowest BCUT2D eigenvalue weighted by Gasteiger charge is -2.31. The molecule has 1 atom stereocenters. The molecule has 0 saturated carbocycles. The second-order valence-corrected chi connectivity index (χ2v) is 8.55. The van der Waals surface area contributed by atoms with Crippen LogP contribution in [0.5, 0.6) is 0 Å². The predicted octanol–water partition coefficient (Wildman–Crippen LogP) is 3.24. The van der Waals surface area contributed by atoms with E-state index in [1.165, 1.54) is 16.4 Å². The van der Waals surface area contributed by atoms with Gasteiger partial charge in [-0.05, 0) is 37.0 Å². The van der Waals surface area contributed by atoms with Crippen molar-refractivity contribution in [2.45, 2.75) is 38.5 Å². The number of carbonyl (C=O) groups excluding carboxylic acids is 1. The Balaban J connectivity index is 2.36. The van der Waals surface area contributed by atoms with Gasteiger partial charge in [-0.2, -0.15) is 4.31 Å². The number of carbonyl (C=O) groups is 1. The van der Waals surface area contributed by atoms with Gasteiger partial charge in [-0.15, -0.1) is 0 Å². The molecule has 1 saturated heterocycles. The molecule has 1 heterocycles. The van der Waals surface area contributed by atoms with Crippen LogP contribution in [0.25, 0.3) is 0 Å². The monoisotopic (exact) mass is 372 g/mol. The summed E-state index contributed by atoms with van der Waals surface area (Å²) in [6.45, 7) is 7.81. The molecule has 2 rings (SSSR count). The number of rotatable bonds is 5. The summed E-state index contributed by atoms with van der Waals surface area (Å²) in [4.78, 5) is 14.5. The van der Waals surface area contributed by atoms with Gasteiger partial charge >= 0.3 is 0 Å². The highest BCUT2D eigenvalue weighted by Crippen LogP contribution is 2.27. The van der Waals surface area contributed by atoms with Crippen LogP contribution in [0.15, 0.2) is 23.1 Å². The fourth-order valence-electron chi connectivity index (χ4n) is 3.09. The first-order chi connectivity index (χ1) is 11.3. The van der Waals surface area contributed by atoms with E-state index >= 15 is 0 Å². The Morgan fingerprint density at radius 2 is 2.00 bits per heavy atom. The predicted molar refractivity (Wildman–Crippen MR) is 95.9 cm³/mol. The number of sulfonamides is 1. The molecule has 7 heteroatoms. The molecule has 0 N–H and O–H groups in total. The van der Waals surface area contributed by atoms with E-state index in [9.17, 15) is 13.2 Å². The summed E-state index contributed by atoms with van der Waals surface area (Å²) in [5.74, 6) is 0.336. The molecule has 1 aromatic carbocycles. The van der Waals surface area contributed by atoms with Crippen LogP contribution in [-0.2, 0) is 10.0 Å². The highest BCUT2D eigenvalue weighted by Gasteiger charge is 2.27. The molecule has 1 amide bonds. The molecular weight excluding hydrogens is 348 g/mol. The van der Waals surface area contributed by atoms with E-state index in [1.54, 1.807) is 24.8 Å². The maximum Gasteiger partial charge on any atom is 0.253 e. The topological polar surface area (TPSA) is 57.7 Å². The van der Waals surface area contributed by atoms with Crippen molar-refractivity contribution in [3.05, 3.63) is 28.8 Å². The number of piperidine rings is 1. The normalized spacial score (nSPS) is 18.9. The number of hydrogen-bond acceptors (Lipinski definition) is 3. The van der Waals surface area contributed by atoms with Crippen molar-refractivity contribution < 1.29 is 13.2 Å². The van der Waals surface area contributed by atoms with Gasteiger partial charge in [-0.1, -0.05) is 32.4 Å². The van der Waals surface area contributed by atoms with E-state index in [-0.39, 0.29) is 15.8 Å². The SMILES string of the molecule is CCN(CC)S(=O)(=O)c1cc(C(=O)N2CCCC(C)C2)ccc1Cl. The summed E-state index contributed by atoms with van der Waals surface area (Å²) >= 11 is 6.12. The molecule has 5 nitrogen and oxygen atoms in total. The average Bonchev–Trinajstić information content (AvgIpc) is 2.55. The summed E-state index contributed by atoms with van der Waals surface area (Å²) in [7, 11) is -3.70. The van der Waals surface area contributed by atoms with E-state index in [1.807, 2.05) is 0 Å². The van der Waals surface area contributed by atoms with Gasteiger partial charge in [0.2, 0.25) is 10.0 Å². The second kappa shape index (κ2) is 7.85. The van der Waals surface area contributed by atoms with E-state index in [0.717, 1.165) is 12.8 Å². The lowest BCUT2D eigenvalue weighted by molar-refractivity contribution is 0.0683. The van der Waals surface area contributed by atoms with Crippen LogP contribution in [-0.4, -0.2) is 49.7 Å². The third kappa shape index (κ3) is 3.92. The average molecular weight is 373 g/mol. The smallest absolute Gasteiger partial charge is 0.253 e. The van der Waals surface area contributed by atoms with Crippen LogP contribution < -0.4 is 0 Å². The quantitative estimate of drug-likeness (QED) is 0.797. The molecule has 1 aliphatic rings. The fourth-order valence-corrected chi connectivity index (χ4v) is 5.05. The highest BCUT2D eigenvalue weighted by molar-refractivity contribution is 7.89. The Bertz CT molecular complexity index is 702. The maximum absolute atomic E-state index is 12.7. The van der Waals surface area contributed by atoms with Gasteiger partial charge in [0.25, 0.3) is 5.91 Å². The van der Waals surface area contributed by atoms with Crippen LogP contribution in [0.3, 0.4) is 0 Å². The number of hydrogen-bond donors (Lipinski definition) is 0. The van der Waals surface area contributed by atoms with E-state index in [4.69, 9.17) is 11.6 Å². The summed E-state index contributed by atoms with van der Waals surface area (Å²) in [6, 6.07) is 4.52. The number of nitrogens with zero attached hydrogens (tertiary/aromatic N) is 2. The zero-order valence-corrected chi connectivity index (χ0v) is 16.0. The molecule has 0 radical (unpaired) electrons. The highest BCUT2D eigenvalue weighted by atomic mass is 35.5. The minimum atomic E-state index is -3.70. The van der Waals surface area contributed by atoms with Crippen LogP contribution in [0.1, 0.15) is 44.0 Å². The molecule has 1 aliphatic heterocycles. The number of halogens is 1. The van der Waals surface area contributed by atoms with Gasteiger partial charge < -0.3 is 4.90 Å². The molecular formula is C17H25ClN2O3S. The third-order valence-corrected chi connectivity index (χ3v) is 6.98. The Morgan fingerprint density at radius 1 is 1.33 bits per heavy atom. The minimum Gasteiger partial charge on any atom is -0.338 e. The van der Waals surface area contributed by atoms with Gasteiger partial charge in [-0.3, -0.25) is 4.79 Å². The molecule has 1 fully saturated rings. The molecule has 1 aromatic rings. The lowest BCUT2D eigenvalue weighted by Crippen LogP contribution is -2.39. The van der Waals surface area contributed by atoms with Crippen LogP contribution >= 0.6 is 11.6 Å². The summed E-state index contributed by atoms with van der Waals surface area (Å²) < 4.78 is 26.8. The molecule has 134 valence electrons. The molecule has 0 spiro atoms. The first kappa shape index (κ1) is 19.2. The first-order valence-corrected chi connectivity index (χ1v) is 10.2. The maximum atomic E-state index is 12.7. The molecule has 24 heavy (non-hydrogen) atoms. The standard InChI is InChI=1S/C17H25ClN2O3S/c1-4-20(5-2)24(22,23)16-11-14(8-9-15(16)18)17(21)19-10-6-7-13(3)12-19/h8-9,11,13H,4-7,10,12H2,1-3H3. The summed E-state index contributed by atoms with van der Waals surface area (Å²) in [5, 5.41) is 0.144. The van der Waals surface area contributed by atoms with Crippen LogP contribution in [0.4, 0.5) is 0 Å². The Kier molecular flexibility index (Phi) is 6.28. The number of likely N-dealkylation sites (tertiary alicyclic amines) is 1. The lowest BCUT2D eigenvalue weighted by atomic mass is 9.99. The Labute approximate surface area is 149 Å². The molecule has 0 aliphatic carbocycles. The summed E-state index contributed by atoms with van der Waals surface area (Å²) in [6.07, 6.45) is 2.09. The number of benzene rings is 1. The van der Waals surface area contributed by atoms with Gasteiger partial charge in [0.15, 0.2) is 0 Å². The minimum absolute atomic E-state index is 0.00349. The van der Waals surface area contributed by atoms with Crippen molar-refractivity contribution >= 4 is 27.5 Å². The van der Waals surface area contributed by atoms with Crippen LogP contribution in [0, 0.1) is 5.92 Å². The molecule has 0 bridgehead atoms. The zero-order valence-electron chi connectivity index (χ0n) is 14.5. The van der Waals surface area contributed by atoms with Gasteiger partial charge in [0.05, 0.1) is 5.02 Å². The van der Waals surface area contributed by atoms with E-state index < -0.39 is 10.0 Å². The first-order valence-electron chi connectivity index (χ1n) is 8.40. The van der Waals surface area contributed by atoms with Crippen molar-refractivity contribution in [3.63, 3.8) is 0 Å². The van der Waals surface area contributed by atoms with Gasteiger partial charge in [0.1, 0.15) is 4.90 Å². The van der Waals surface area contributed by atoms with Crippen molar-refractivity contribution in [2.24, 2.45) is 5.92 Å². The van der Waals surface area contributed by atoms with Gasteiger partial charge in [0, 0.05) is 31.7 Å². The van der Waals surface area contributed by atoms with Crippen molar-refractivity contribution in [1.82, 2.24) is 9.21 Å². The van der Waals surface area contributed by atoms with Crippen molar-refractivity contribution in [2.75, 3.05) is 26.2 Å². The second-order valence-electron chi connectivity index (χ2n) is 6.23. The zero-order chi connectivity index (χ0) is 17.9. The van der Waals surface area contributed by atoms with Crippen molar-refractivity contribution in [3.8, 4) is 0 Å². The van der Waals surface area contributed by atoms with E-state index in [2.05, 4.69) is 6.92 Å². The number of amides is 1. The van der Waals surface area contributed by atoms with Crippen LogP contribution in [0.2, 0.25) is 5.02 Å². The van der Waals surface area contributed by atoms with Crippen molar-refractivity contribution in [1.29, 1.82) is 0 Å². The Morgan fingerprint density at radius 3 is 2.58 bits per heavy atom. The molecule has 1 unspecified atom stereocenters. The Hall–Kier alpha value is -1.11. The van der Waals surface area contributed by atoms with E-state index in [0.29, 0.717) is 37.7 Å². The third-order valence-electron chi connectivity index (χ3n) is 4.45. The molecule has 0 aromatic heterocycles. The fraction of sp³-hybridized carbons (Fsp3) is 0.588. The largest absolute Gasteiger partial charge is 0.338 e. The van der Waals surface area contributed by atoms with Gasteiger partial charge in [-0.25, -0.2) is 8.42 Å². The summed E-state index contributed by atoms with van der Waals surface area (Å²) in [5.41, 5.74) is 0.374.